The van der Waals surface area contributed by atoms with E-state index in [1.54, 1.807) is 12.1 Å². The van der Waals surface area contributed by atoms with Gasteiger partial charge < -0.3 is 35.6 Å². The van der Waals surface area contributed by atoms with Gasteiger partial charge in [0.25, 0.3) is 0 Å². The number of aliphatic hydroxyl groups is 4. The summed E-state index contributed by atoms with van der Waals surface area (Å²) in [6.07, 6.45) is -4.17. The van der Waals surface area contributed by atoms with Crippen LogP contribution in [0.1, 0.15) is 6.23 Å². The van der Waals surface area contributed by atoms with Crippen molar-refractivity contribution in [1.82, 2.24) is 19.5 Å². The summed E-state index contributed by atoms with van der Waals surface area (Å²) in [5.74, 6) is 1.01. The molecule has 11 nitrogen and oxygen atoms in total. The van der Waals surface area contributed by atoms with Crippen molar-refractivity contribution in [2.75, 3.05) is 24.7 Å². The van der Waals surface area contributed by atoms with Gasteiger partial charge in [0.15, 0.2) is 28.4 Å². The fourth-order valence-electron chi connectivity index (χ4n) is 3.26. The summed E-state index contributed by atoms with van der Waals surface area (Å²) in [7, 11) is 0. The molecule has 2 aromatic heterocycles. The monoisotopic (exact) mass is 449 g/mol. The lowest BCUT2D eigenvalue weighted by molar-refractivity contribution is -0.0548. The molecule has 1 aliphatic rings. The zero-order valence-corrected chi connectivity index (χ0v) is 17.2. The van der Waals surface area contributed by atoms with Crippen LogP contribution >= 0.6 is 11.8 Å². The van der Waals surface area contributed by atoms with E-state index >= 15 is 0 Å². The third-order valence-electron chi connectivity index (χ3n) is 4.84. The minimum atomic E-state index is -1.32. The number of aliphatic hydroxyl groups excluding tert-OH is 4. The van der Waals surface area contributed by atoms with E-state index in [4.69, 9.17) is 15.2 Å². The Morgan fingerprint density at radius 1 is 1.19 bits per heavy atom. The van der Waals surface area contributed by atoms with E-state index in [2.05, 4.69) is 15.0 Å². The maximum atomic E-state index is 10.5. The minimum absolute atomic E-state index is 0.0764. The molecule has 0 amide bonds. The van der Waals surface area contributed by atoms with Crippen LogP contribution in [0.3, 0.4) is 0 Å². The minimum Gasteiger partial charge on any atom is -0.491 e. The average molecular weight is 449 g/mol. The van der Waals surface area contributed by atoms with Crippen LogP contribution in [0.2, 0.25) is 0 Å². The summed E-state index contributed by atoms with van der Waals surface area (Å²) >= 11 is 1.19. The summed E-state index contributed by atoms with van der Waals surface area (Å²) in [5, 5.41) is 40.7. The fourth-order valence-corrected chi connectivity index (χ4v) is 4.18. The lowest BCUT2D eigenvalue weighted by atomic mass is 10.1. The molecule has 3 heterocycles. The molecule has 4 rings (SSSR count). The SMILES string of the molecule is Nc1ncnc2c1nc(SC[C@@H](O)COc1ccccc1)n2[C@@H]1O[C@H](CO)[C@@H](O)[C@H]1O. The summed E-state index contributed by atoms with van der Waals surface area (Å²) in [6, 6.07) is 9.14. The quantitative estimate of drug-likeness (QED) is 0.282. The highest BCUT2D eigenvalue weighted by Crippen LogP contribution is 2.36. The highest BCUT2D eigenvalue weighted by atomic mass is 32.2. The van der Waals surface area contributed by atoms with Gasteiger partial charge in [-0.2, -0.15) is 0 Å². The van der Waals surface area contributed by atoms with Crippen molar-refractivity contribution in [3.05, 3.63) is 36.7 Å². The van der Waals surface area contributed by atoms with Crippen LogP contribution in [-0.2, 0) is 4.74 Å². The van der Waals surface area contributed by atoms with Gasteiger partial charge in [-0.25, -0.2) is 15.0 Å². The third kappa shape index (κ3) is 4.44. The van der Waals surface area contributed by atoms with Crippen LogP contribution in [0, 0.1) is 0 Å². The number of nitrogens with zero attached hydrogens (tertiary/aromatic N) is 4. The van der Waals surface area contributed by atoms with Gasteiger partial charge in [0.2, 0.25) is 0 Å². The van der Waals surface area contributed by atoms with E-state index in [9.17, 15) is 20.4 Å². The molecule has 3 aromatic rings. The first kappa shape index (κ1) is 21.7. The van der Waals surface area contributed by atoms with Crippen molar-refractivity contribution in [3.8, 4) is 5.75 Å². The van der Waals surface area contributed by atoms with Gasteiger partial charge >= 0.3 is 0 Å². The second kappa shape index (κ2) is 9.34. The molecular formula is C19H23N5O6S. The first-order valence-electron chi connectivity index (χ1n) is 9.59. The van der Waals surface area contributed by atoms with Gasteiger partial charge in [-0.3, -0.25) is 4.57 Å². The highest BCUT2D eigenvalue weighted by molar-refractivity contribution is 7.99. The maximum Gasteiger partial charge on any atom is 0.172 e. The Morgan fingerprint density at radius 3 is 2.68 bits per heavy atom. The number of imidazole rings is 1. The fraction of sp³-hybridized carbons (Fsp3) is 0.421. The number of hydrogen-bond donors (Lipinski definition) is 5. The van der Waals surface area contributed by atoms with Crippen LogP contribution < -0.4 is 10.5 Å². The second-order valence-electron chi connectivity index (χ2n) is 7.01. The first-order chi connectivity index (χ1) is 15.0. The van der Waals surface area contributed by atoms with Crippen molar-refractivity contribution >= 4 is 28.7 Å². The van der Waals surface area contributed by atoms with E-state index in [0.29, 0.717) is 22.1 Å². The predicted octanol–water partition coefficient (Wildman–Crippen LogP) is -0.448. The molecule has 5 atom stereocenters. The number of ether oxygens (including phenoxy) is 2. The molecule has 1 saturated heterocycles. The molecule has 1 aromatic carbocycles. The molecule has 1 aliphatic heterocycles. The molecule has 31 heavy (non-hydrogen) atoms. The molecule has 0 radical (unpaired) electrons. The van der Waals surface area contributed by atoms with Gasteiger partial charge in [0.05, 0.1) is 12.7 Å². The Bertz CT molecular complexity index is 1020. The number of hydrogen-bond acceptors (Lipinski definition) is 11. The number of thioether (sulfide) groups is 1. The summed E-state index contributed by atoms with van der Waals surface area (Å²) < 4.78 is 12.7. The molecule has 0 bridgehead atoms. The van der Waals surface area contributed by atoms with E-state index in [1.165, 1.54) is 22.7 Å². The topological polar surface area (TPSA) is 169 Å². The van der Waals surface area contributed by atoms with Gasteiger partial charge in [0, 0.05) is 5.75 Å². The Morgan fingerprint density at radius 2 is 1.97 bits per heavy atom. The van der Waals surface area contributed by atoms with Crippen LogP contribution in [0.15, 0.2) is 41.8 Å². The van der Waals surface area contributed by atoms with Gasteiger partial charge in [0.1, 0.15) is 37.0 Å². The Labute approximate surface area is 181 Å². The number of nitrogen functional groups attached to an aromatic ring is 1. The van der Waals surface area contributed by atoms with Crippen LogP contribution in [-0.4, -0.2) is 83.3 Å². The van der Waals surface area contributed by atoms with Gasteiger partial charge in [-0.1, -0.05) is 30.0 Å². The number of rotatable bonds is 8. The predicted molar refractivity (Wildman–Crippen MR) is 111 cm³/mol. The van der Waals surface area contributed by atoms with E-state index in [1.807, 2.05) is 18.2 Å². The van der Waals surface area contributed by atoms with Crippen molar-refractivity contribution in [2.24, 2.45) is 0 Å². The molecule has 0 aliphatic carbocycles. The first-order valence-corrected chi connectivity index (χ1v) is 10.6. The van der Waals surface area contributed by atoms with Crippen LogP contribution in [0.5, 0.6) is 5.75 Å². The smallest absolute Gasteiger partial charge is 0.172 e. The zero-order valence-electron chi connectivity index (χ0n) is 16.4. The molecule has 6 N–H and O–H groups in total. The Balaban J connectivity index is 1.54. The molecule has 166 valence electrons. The number of aromatic nitrogens is 4. The molecule has 0 saturated carbocycles. The summed E-state index contributed by atoms with van der Waals surface area (Å²) in [4.78, 5) is 12.6. The van der Waals surface area contributed by atoms with E-state index in [-0.39, 0.29) is 18.2 Å². The van der Waals surface area contributed by atoms with Crippen molar-refractivity contribution in [1.29, 1.82) is 0 Å². The number of nitrogens with two attached hydrogens (primary N) is 1. The summed E-state index contributed by atoms with van der Waals surface area (Å²) in [5.41, 5.74) is 6.53. The van der Waals surface area contributed by atoms with Crippen molar-refractivity contribution in [3.63, 3.8) is 0 Å². The Kier molecular flexibility index (Phi) is 6.55. The lowest BCUT2D eigenvalue weighted by Gasteiger charge is -2.19. The molecular weight excluding hydrogens is 426 g/mol. The standard InChI is InChI=1S/C19H23N5O6S/c20-16-13-17(22-9-21-16)24(18-15(28)14(27)12(6-25)30-18)19(23-13)31-8-10(26)7-29-11-4-2-1-3-5-11/h1-5,9-10,12,14-15,18,25-28H,6-8H2,(H2,20,21,22)/t10-,12+,14+,15+,18+/m0/s1. The molecule has 12 heteroatoms. The van der Waals surface area contributed by atoms with Gasteiger partial charge in [-0.15, -0.1) is 0 Å². The average Bonchev–Trinajstić information content (AvgIpc) is 3.29. The maximum absolute atomic E-state index is 10.5. The van der Waals surface area contributed by atoms with Crippen LogP contribution in [0.4, 0.5) is 5.82 Å². The van der Waals surface area contributed by atoms with E-state index in [0.717, 1.165) is 0 Å². The Hall–Kier alpha value is -2.48. The third-order valence-corrected chi connectivity index (χ3v) is 5.93. The van der Waals surface area contributed by atoms with E-state index < -0.39 is 37.3 Å². The van der Waals surface area contributed by atoms with Crippen LogP contribution in [0.25, 0.3) is 11.2 Å². The molecule has 1 fully saturated rings. The zero-order chi connectivity index (χ0) is 22.0. The summed E-state index contributed by atoms with van der Waals surface area (Å²) in [6.45, 7) is -0.385. The number of benzene rings is 1. The van der Waals surface area contributed by atoms with Crippen molar-refractivity contribution < 1.29 is 29.9 Å². The second-order valence-corrected chi connectivity index (χ2v) is 8.00. The number of anilines is 1. The number of para-hydroxylation sites is 1. The van der Waals surface area contributed by atoms with Crippen molar-refractivity contribution in [2.45, 2.75) is 35.8 Å². The largest absolute Gasteiger partial charge is 0.491 e. The molecule has 0 spiro atoms. The normalized spacial score (nSPS) is 24.5. The van der Waals surface area contributed by atoms with Gasteiger partial charge in [-0.05, 0) is 12.1 Å². The molecule has 0 unspecified atom stereocenters. The number of fused-ring (bicyclic) bond motifs is 1. The lowest BCUT2D eigenvalue weighted by Crippen LogP contribution is -2.33. The highest BCUT2D eigenvalue weighted by Gasteiger charge is 2.45.